The molecule has 0 saturated carbocycles. The van der Waals surface area contributed by atoms with Crippen LogP contribution in [0.2, 0.25) is 0 Å². The lowest BCUT2D eigenvalue weighted by molar-refractivity contribution is -0.135. The summed E-state index contributed by atoms with van der Waals surface area (Å²) in [6.07, 6.45) is 2.38. The lowest BCUT2D eigenvalue weighted by Gasteiger charge is -2.37. The number of imidazole rings is 1. The number of aromatic hydroxyl groups is 1. The second kappa shape index (κ2) is 17.0. The molecule has 0 aliphatic carbocycles. The minimum absolute atomic E-state index is 0.111. The summed E-state index contributed by atoms with van der Waals surface area (Å²) in [6, 6.07) is 23.1. The zero-order valence-electron chi connectivity index (χ0n) is 33.2. The molecule has 2 atom stereocenters. The van der Waals surface area contributed by atoms with Gasteiger partial charge in [0.1, 0.15) is 11.8 Å². The number of piperidine rings is 1. The molecule has 5 aromatic rings. The van der Waals surface area contributed by atoms with E-state index in [1.165, 1.54) is 11.3 Å². The molecule has 2 aromatic heterocycles. The van der Waals surface area contributed by atoms with Crippen LogP contribution in [0, 0.1) is 0 Å². The first kappa shape index (κ1) is 39.1. The van der Waals surface area contributed by atoms with Gasteiger partial charge in [0.2, 0.25) is 11.8 Å². The number of piperazine rings is 1. The maximum atomic E-state index is 13.3. The molecule has 15 nitrogen and oxygen atoms in total. The summed E-state index contributed by atoms with van der Waals surface area (Å²) in [5, 5.41) is 21.1. The van der Waals surface area contributed by atoms with Crippen molar-refractivity contribution in [3.8, 4) is 17.0 Å². The van der Waals surface area contributed by atoms with Crippen LogP contribution in [0.1, 0.15) is 36.4 Å². The number of morpholine rings is 1. The summed E-state index contributed by atoms with van der Waals surface area (Å²) in [7, 11) is 3.90. The number of nitrogens with zero attached hydrogens (tertiary/aromatic N) is 8. The normalized spacial score (nSPS) is 19.3. The van der Waals surface area contributed by atoms with Crippen LogP contribution >= 0.6 is 0 Å². The van der Waals surface area contributed by atoms with Crippen LogP contribution in [0.4, 0.5) is 17.2 Å². The standard InChI is InChI=1S/C43H52N10O5/c1-48(26-29-12-14-31(15-13-29)51-19-21-52(22-20-51)37-25-34(46-47-41(37)44)33-9-3-4-11-38(33)54)27-32-28-50(23-24-58-32)18-6-8-30-7-5-10-35-40(30)49(2)43(57)53(35)36-16-17-39(55)45-42(36)56/h3-5,7,9-15,25,32,36,54H,6,8,16-24,26-28H2,1-2H3,(H2,44,47)(H,45,55,56)/t32-,36?/m1/s1. The van der Waals surface area contributed by atoms with Gasteiger partial charge in [-0.3, -0.25) is 33.8 Å². The van der Waals surface area contributed by atoms with Crippen LogP contribution in [0.15, 0.2) is 77.6 Å². The number of hydrogen-bond donors (Lipinski definition) is 3. The third-order valence-electron chi connectivity index (χ3n) is 11.7. The third-order valence-corrected chi connectivity index (χ3v) is 11.7. The molecule has 304 valence electrons. The number of hydrogen-bond acceptors (Lipinski definition) is 12. The van der Waals surface area contributed by atoms with Gasteiger partial charge in [0.05, 0.1) is 35.1 Å². The van der Waals surface area contributed by atoms with Gasteiger partial charge in [0, 0.05) is 77.1 Å². The van der Waals surface area contributed by atoms with Crippen molar-refractivity contribution in [2.45, 2.75) is 44.4 Å². The van der Waals surface area contributed by atoms with E-state index in [-0.39, 0.29) is 29.9 Å². The largest absolute Gasteiger partial charge is 0.507 e. The van der Waals surface area contributed by atoms with Gasteiger partial charge in [-0.25, -0.2) is 4.79 Å². The number of rotatable bonds is 12. The van der Waals surface area contributed by atoms with Gasteiger partial charge >= 0.3 is 5.69 Å². The van der Waals surface area contributed by atoms with E-state index in [1.54, 1.807) is 28.3 Å². The van der Waals surface area contributed by atoms with E-state index in [2.05, 4.69) is 72.5 Å². The number of nitrogens with two attached hydrogens (primary N) is 1. The highest BCUT2D eigenvalue weighted by Crippen LogP contribution is 2.32. The van der Waals surface area contributed by atoms with Crippen LogP contribution in [0.3, 0.4) is 0 Å². The predicted molar refractivity (Wildman–Crippen MR) is 224 cm³/mol. The summed E-state index contributed by atoms with van der Waals surface area (Å²) >= 11 is 0. The number of amides is 2. The highest BCUT2D eigenvalue weighted by atomic mass is 16.5. The average molecular weight is 789 g/mol. The number of likely N-dealkylation sites (N-methyl/N-ethyl adjacent to an activating group) is 1. The van der Waals surface area contributed by atoms with Gasteiger partial charge in [0.25, 0.3) is 0 Å². The average Bonchev–Trinajstić information content (AvgIpc) is 3.48. The summed E-state index contributed by atoms with van der Waals surface area (Å²) in [6.45, 7) is 8.28. The Hall–Kier alpha value is -5.77. The number of carbonyl (C=O) groups is 2. The predicted octanol–water partition coefficient (Wildman–Crippen LogP) is 3.15. The fourth-order valence-corrected chi connectivity index (χ4v) is 8.75. The van der Waals surface area contributed by atoms with Crippen molar-refractivity contribution in [3.05, 3.63) is 94.4 Å². The molecule has 3 aliphatic rings. The van der Waals surface area contributed by atoms with Crippen LogP contribution < -0.4 is 26.5 Å². The van der Waals surface area contributed by atoms with Gasteiger partial charge in [-0.05, 0) is 80.4 Å². The number of nitrogens with one attached hydrogen (secondary N) is 1. The summed E-state index contributed by atoms with van der Waals surface area (Å²) in [5.41, 5.74) is 13.2. The molecule has 3 saturated heterocycles. The van der Waals surface area contributed by atoms with E-state index < -0.39 is 11.9 Å². The number of ether oxygens (including phenoxy) is 1. The fourth-order valence-electron chi connectivity index (χ4n) is 8.75. The Morgan fingerprint density at radius 3 is 2.50 bits per heavy atom. The van der Waals surface area contributed by atoms with Gasteiger partial charge in [-0.15, -0.1) is 10.2 Å². The summed E-state index contributed by atoms with van der Waals surface area (Å²) in [4.78, 5) is 47.2. The van der Waals surface area contributed by atoms with E-state index >= 15 is 0 Å². The van der Waals surface area contributed by atoms with E-state index in [1.807, 2.05) is 30.3 Å². The zero-order chi connectivity index (χ0) is 40.3. The Kier molecular flexibility index (Phi) is 11.4. The molecular formula is C43H52N10O5. The molecule has 2 amide bonds. The molecule has 3 aliphatic heterocycles. The Morgan fingerprint density at radius 2 is 1.72 bits per heavy atom. The number of carbonyl (C=O) groups excluding carboxylic acids is 2. The topological polar surface area (TPSA) is 167 Å². The van der Waals surface area contributed by atoms with E-state index in [9.17, 15) is 19.5 Å². The molecule has 1 unspecified atom stereocenters. The van der Waals surface area contributed by atoms with Crippen molar-refractivity contribution in [1.82, 2.24) is 34.4 Å². The van der Waals surface area contributed by atoms with Crippen molar-refractivity contribution in [3.63, 3.8) is 0 Å². The second-order valence-electron chi connectivity index (χ2n) is 15.7. The molecule has 5 heterocycles. The Labute approximate surface area is 337 Å². The molecule has 4 N–H and O–H groups in total. The molecule has 58 heavy (non-hydrogen) atoms. The molecular weight excluding hydrogens is 737 g/mol. The zero-order valence-corrected chi connectivity index (χ0v) is 33.2. The smallest absolute Gasteiger partial charge is 0.329 e. The molecule has 0 bridgehead atoms. The molecule has 8 rings (SSSR count). The van der Waals surface area contributed by atoms with Gasteiger partial charge < -0.3 is 25.4 Å². The van der Waals surface area contributed by atoms with Crippen LogP contribution in [0.5, 0.6) is 5.75 Å². The SMILES string of the molecule is CN(Cc1ccc(N2CCN(c3cc(-c4ccccc4O)nnc3N)CC2)cc1)C[C@@H]1CN(CCCc2cccc3c2n(C)c(=O)n3C2CCC(=O)NC2=O)CCO1. The minimum Gasteiger partial charge on any atom is -0.507 e. The van der Waals surface area contributed by atoms with Crippen molar-refractivity contribution in [2.24, 2.45) is 7.05 Å². The monoisotopic (exact) mass is 788 g/mol. The Bertz CT molecular complexity index is 2330. The number of phenolic OH excluding ortho intramolecular Hbond substituents is 1. The van der Waals surface area contributed by atoms with Crippen molar-refractivity contribution < 1.29 is 19.4 Å². The number of para-hydroxylation sites is 2. The molecule has 3 aromatic carbocycles. The number of nitrogen functional groups attached to an aromatic ring is 1. The molecule has 0 spiro atoms. The second-order valence-corrected chi connectivity index (χ2v) is 15.7. The lowest BCUT2D eigenvalue weighted by atomic mass is 10.0. The first-order valence-electron chi connectivity index (χ1n) is 20.2. The Morgan fingerprint density at radius 1 is 0.948 bits per heavy atom. The van der Waals surface area contributed by atoms with E-state index in [0.29, 0.717) is 30.1 Å². The molecule has 3 fully saturated rings. The van der Waals surface area contributed by atoms with Crippen LogP contribution in [0.25, 0.3) is 22.3 Å². The molecule has 15 heteroatoms. The maximum Gasteiger partial charge on any atom is 0.329 e. The Balaban J connectivity index is 0.804. The van der Waals surface area contributed by atoms with Crippen LogP contribution in [-0.4, -0.2) is 118 Å². The van der Waals surface area contributed by atoms with Crippen molar-refractivity contribution in [1.29, 1.82) is 0 Å². The third kappa shape index (κ3) is 8.28. The highest BCUT2D eigenvalue weighted by Gasteiger charge is 2.32. The quantitative estimate of drug-likeness (QED) is 0.158. The fraction of sp³-hybridized carbons (Fsp3) is 0.419. The number of anilines is 3. The number of aryl methyl sites for hydroxylation is 2. The number of benzene rings is 3. The summed E-state index contributed by atoms with van der Waals surface area (Å²) in [5.74, 6) is -0.169. The van der Waals surface area contributed by atoms with Gasteiger partial charge in [-0.2, -0.15) is 0 Å². The number of fused-ring (bicyclic) bond motifs is 1. The first-order chi connectivity index (χ1) is 28.1. The van der Waals surface area contributed by atoms with E-state index in [0.717, 1.165) is 94.0 Å². The minimum atomic E-state index is -0.689. The van der Waals surface area contributed by atoms with Gasteiger partial charge in [-0.1, -0.05) is 36.4 Å². The number of imide groups is 1. The van der Waals surface area contributed by atoms with Crippen LogP contribution in [-0.2, 0) is 34.3 Å². The number of aromatic nitrogens is 4. The summed E-state index contributed by atoms with van der Waals surface area (Å²) < 4.78 is 9.40. The van der Waals surface area contributed by atoms with Gasteiger partial charge in [0.15, 0.2) is 5.82 Å². The maximum absolute atomic E-state index is 13.3. The number of phenols is 1. The van der Waals surface area contributed by atoms with Crippen molar-refractivity contribution >= 4 is 40.0 Å². The first-order valence-corrected chi connectivity index (χ1v) is 20.2. The lowest BCUT2D eigenvalue weighted by Crippen LogP contribution is -2.47. The van der Waals surface area contributed by atoms with Crippen molar-refractivity contribution in [2.75, 3.05) is 81.5 Å². The molecule has 0 radical (unpaired) electrons. The van der Waals surface area contributed by atoms with E-state index in [4.69, 9.17) is 10.5 Å². The highest BCUT2D eigenvalue weighted by molar-refractivity contribution is 6.00.